The molecular formula is C15H17N5O2. The zero-order valence-corrected chi connectivity index (χ0v) is 12.3. The van der Waals surface area contributed by atoms with Crippen molar-refractivity contribution in [1.82, 2.24) is 14.5 Å². The van der Waals surface area contributed by atoms with Crippen LogP contribution in [0.2, 0.25) is 0 Å². The smallest absolute Gasteiger partial charge is 0.257 e. The highest BCUT2D eigenvalue weighted by atomic mass is 16.2. The van der Waals surface area contributed by atoms with Crippen LogP contribution in [-0.4, -0.2) is 33.5 Å². The molecule has 1 fully saturated rings. The summed E-state index contributed by atoms with van der Waals surface area (Å²) in [4.78, 5) is 34.1. The number of aryl methyl sites for hydroxylation is 1. The Morgan fingerprint density at radius 3 is 2.77 bits per heavy atom. The van der Waals surface area contributed by atoms with Crippen LogP contribution in [0.1, 0.15) is 23.2 Å². The fraction of sp³-hybridized carbons (Fsp3) is 0.333. The SMILES string of the molecule is Cn1cc(C(=O)Nc2cncnc2N2CCCC2)ccc1=O. The van der Waals surface area contributed by atoms with E-state index in [1.54, 1.807) is 13.2 Å². The Bertz CT molecular complexity index is 750. The average molecular weight is 299 g/mol. The predicted octanol–water partition coefficient (Wildman–Crippen LogP) is 1.03. The van der Waals surface area contributed by atoms with Crippen LogP contribution in [-0.2, 0) is 7.05 Å². The summed E-state index contributed by atoms with van der Waals surface area (Å²) in [6, 6.07) is 2.88. The van der Waals surface area contributed by atoms with Gasteiger partial charge in [0.25, 0.3) is 5.91 Å². The standard InChI is InChI=1S/C15H17N5O2/c1-19-9-11(4-5-13(19)21)15(22)18-12-8-16-10-17-14(12)20-6-2-3-7-20/h4-5,8-10H,2-3,6-7H2,1H3,(H,18,22). The molecular weight excluding hydrogens is 282 g/mol. The van der Waals surface area contributed by atoms with Crippen LogP contribution >= 0.6 is 0 Å². The quantitative estimate of drug-likeness (QED) is 0.915. The average Bonchev–Trinajstić information content (AvgIpc) is 3.04. The van der Waals surface area contributed by atoms with Crippen molar-refractivity contribution < 1.29 is 4.79 Å². The summed E-state index contributed by atoms with van der Waals surface area (Å²) in [5.74, 6) is 0.455. The summed E-state index contributed by atoms with van der Waals surface area (Å²) in [7, 11) is 1.61. The monoisotopic (exact) mass is 299 g/mol. The third-order valence-corrected chi connectivity index (χ3v) is 3.69. The van der Waals surface area contributed by atoms with E-state index in [1.165, 1.54) is 29.2 Å². The summed E-state index contributed by atoms with van der Waals surface area (Å²) in [5, 5.41) is 2.83. The van der Waals surface area contributed by atoms with Gasteiger partial charge in [-0.05, 0) is 18.9 Å². The maximum absolute atomic E-state index is 12.3. The van der Waals surface area contributed by atoms with E-state index in [2.05, 4.69) is 20.2 Å². The lowest BCUT2D eigenvalue weighted by Gasteiger charge is -2.19. The van der Waals surface area contributed by atoms with Gasteiger partial charge in [0.2, 0.25) is 5.56 Å². The van der Waals surface area contributed by atoms with Crippen LogP contribution in [0.5, 0.6) is 0 Å². The normalized spacial score (nSPS) is 14.1. The van der Waals surface area contributed by atoms with Gasteiger partial charge in [-0.3, -0.25) is 9.59 Å². The summed E-state index contributed by atoms with van der Waals surface area (Å²) < 4.78 is 1.37. The second-order valence-corrected chi connectivity index (χ2v) is 5.28. The van der Waals surface area contributed by atoms with Crippen molar-refractivity contribution in [3.8, 4) is 0 Å². The van der Waals surface area contributed by atoms with Gasteiger partial charge in [0, 0.05) is 32.4 Å². The van der Waals surface area contributed by atoms with Gasteiger partial charge < -0.3 is 14.8 Å². The Labute approximate surface area is 127 Å². The van der Waals surface area contributed by atoms with Gasteiger partial charge in [0.15, 0.2) is 5.82 Å². The largest absolute Gasteiger partial charge is 0.355 e. The van der Waals surface area contributed by atoms with Crippen molar-refractivity contribution in [2.45, 2.75) is 12.8 Å². The molecule has 0 aromatic carbocycles. The van der Waals surface area contributed by atoms with E-state index in [0.29, 0.717) is 11.3 Å². The van der Waals surface area contributed by atoms with Crippen molar-refractivity contribution in [3.63, 3.8) is 0 Å². The molecule has 7 heteroatoms. The summed E-state index contributed by atoms with van der Waals surface area (Å²) in [5.41, 5.74) is 0.846. The number of rotatable bonds is 3. The molecule has 3 heterocycles. The molecule has 1 saturated heterocycles. The molecule has 0 saturated carbocycles. The number of amides is 1. The second-order valence-electron chi connectivity index (χ2n) is 5.28. The van der Waals surface area contributed by atoms with E-state index < -0.39 is 0 Å². The lowest BCUT2D eigenvalue weighted by Crippen LogP contribution is -2.23. The maximum atomic E-state index is 12.3. The zero-order chi connectivity index (χ0) is 15.5. The van der Waals surface area contributed by atoms with Gasteiger partial charge in [-0.15, -0.1) is 0 Å². The molecule has 3 rings (SSSR count). The summed E-state index contributed by atoms with van der Waals surface area (Å²) >= 11 is 0. The van der Waals surface area contributed by atoms with Gasteiger partial charge >= 0.3 is 0 Å². The van der Waals surface area contributed by atoms with Crippen LogP contribution in [0.15, 0.2) is 35.6 Å². The first-order valence-electron chi connectivity index (χ1n) is 7.18. The molecule has 7 nitrogen and oxygen atoms in total. The molecule has 0 radical (unpaired) electrons. The number of pyridine rings is 1. The van der Waals surface area contributed by atoms with Crippen molar-refractivity contribution >= 4 is 17.4 Å². The van der Waals surface area contributed by atoms with E-state index in [0.717, 1.165) is 31.7 Å². The molecule has 0 aliphatic carbocycles. The summed E-state index contributed by atoms with van der Waals surface area (Å²) in [6.45, 7) is 1.86. The highest BCUT2D eigenvalue weighted by Gasteiger charge is 2.18. The highest BCUT2D eigenvalue weighted by Crippen LogP contribution is 2.25. The second kappa shape index (κ2) is 5.97. The first kappa shape index (κ1) is 14.2. The number of anilines is 2. The molecule has 0 atom stereocenters. The molecule has 0 unspecified atom stereocenters. The van der Waals surface area contributed by atoms with Crippen LogP contribution in [0.25, 0.3) is 0 Å². The predicted molar refractivity (Wildman–Crippen MR) is 83.1 cm³/mol. The number of carbonyl (C=O) groups is 1. The van der Waals surface area contributed by atoms with Gasteiger partial charge in [-0.2, -0.15) is 0 Å². The Morgan fingerprint density at radius 1 is 1.27 bits per heavy atom. The zero-order valence-electron chi connectivity index (χ0n) is 12.3. The number of hydrogen-bond acceptors (Lipinski definition) is 5. The fourth-order valence-corrected chi connectivity index (χ4v) is 2.51. The van der Waals surface area contributed by atoms with E-state index >= 15 is 0 Å². The van der Waals surface area contributed by atoms with Crippen molar-refractivity contribution in [3.05, 3.63) is 46.8 Å². The third kappa shape index (κ3) is 2.83. The molecule has 22 heavy (non-hydrogen) atoms. The Hall–Kier alpha value is -2.70. The van der Waals surface area contributed by atoms with Gasteiger partial charge in [0.05, 0.1) is 11.8 Å². The van der Waals surface area contributed by atoms with Crippen molar-refractivity contribution in [2.75, 3.05) is 23.3 Å². The van der Waals surface area contributed by atoms with Crippen molar-refractivity contribution in [2.24, 2.45) is 7.05 Å². The van der Waals surface area contributed by atoms with E-state index in [1.807, 2.05) is 0 Å². The van der Waals surface area contributed by atoms with Gasteiger partial charge in [-0.25, -0.2) is 9.97 Å². The Morgan fingerprint density at radius 2 is 2.05 bits per heavy atom. The topological polar surface area (TPSA) is 80.1 Å². The lowest BCUT2D eigenvalue weighted by molar-refractivity contribution is 0.102. The Balaban J connectivity index is 1.84. The van der Waals surface area contributed by atoms with Gasteiger partial charge in [-0.1, -0.05) is 0 Å². The molecule has 1 amide bonds. The molecule has 0 bridgehead atoms. The number of nitrogens with zero attached hydrogens (tertiary/aromatic N) is 4. The number of hydrogen-bond donors (Lipinski definition) is 1. The van der Waals surface area contributed by atoms with E-state index in [9.17, 15) is 9.59 Å². The van der Waals surface area contributed by atoms with E-state index in [4.69, 9.17) is 0 Å². The lowest BCUT2D eigenvalue weighted by atomic mass is 10.2. The minimum atomic E-state index is -0.286. The maximum Gasteiger partial charge on any atom is 0.257 e. The van der Waals surface area contributed by atoms with Crippen LogP contribution in [0.3, 0.4) is 0 Å². The molecule has 2 aromatic heterocycles. The molecule has 1 N–H and O–H groups in total. The summed E-state index contributed by atoms with van der Waals surface area (Å²) in [6.07, 6.45) is 6.84. The van der Waals surface area contributed by atoms with Crippen molar-refractivity contribution in [1.29, 1.82) is 0 Å². The molecule has 2 aromatic rings. The Kier molecular flexibility index (Phi) is 3.86. The van der Waals surface area contributed by atoms with Gasteiger partial charge in [0.1, 0.15) is 12.0 Å². The molecule has 1 aliphatic rings. The third-order valence-electron chi connectivity index (χ3n) is 3.69. The molecule has 114 valence electrons. The van der Waals surface area contributed by atoms with E-state index in [-0.39, 0.29) is 11.5 Å². The van der Waals surface area contributed by atoms with Crippen LogP contribution in [0, 0.1) is 0 Å². The first-order valence-corrected chi connectivity index (χ1v) is 7.18. The number of nitrogens with one attached hydrogen (secondary N) is 1. The number of carbonyl (C=O) groups excluding carboxylic acids is 1. The highest BCUT2D eigenvalue weighted by molar-refractivity contribution is 6.05. The van der Waals surface area contributed by atoms with Crippen LogP contribution < -0.4 is 15.8 Å². The molecule has 0 spiro atoms. The fourth-order valence-electron chi connectivity index (χ4n) is 2.51. The number of aromatic nitrogens is 3. The van der Waals surface area contributed by atoms with Crippen LogP contribution in [0.4, 0.5) is 11.5 Å². The first-order chi connectivity index (χ1) is 10.6. The molecule has 1 aliphatic heterocycles. The minimum Gasteiger partial charge on any atom is -0.355 e. The minimum absolute atomic E-state index is 0.155.